The maximum Gasteiger partial charge on any atom is 0.260 e. The first-order chi connectivity index (χ1) is 13.2. The maximum absolute atomic E-state index is 12.5. The van der Waals surface area contributed by atoms with Crippen molar-refractivity contribution in [2.75, 3.05) is 66.8 Å². The fourth-order valence-electron chi connectivity index (χ4n) is 2.78. The van der Waals surface area contributed by atoms with Gasteiger partial charge in [-0.25, -0.2) is 0 Å². The van der Waals surface area contributed by atoms with Crippen LogP contribution in [0.15, 0.2) is 24.3 Å². The van der Waals surface area contributed by atoms with Gasteiger partial charge in [-0.2, -0.15) is 0 Å². The van der Waals surface area contributed by atoms with Gasteiger partial charge in [-0.3, -0.25) is 9.59 Å². The topological polar surface area (TPSA) is 77.5 Å². The molecular weight excluding hydrogens is 352 g/mol. The Morgan fingerprint density at radius 2 is 1.52 bits per heavy atom. The quantitative estimate of drug-likeness (QED) is 0.590. The number of methoxy groups -OCH3 is 2. The van der Waals surface area contributed by atoms with Gasteiger partial charge in [-0.1, -0.05) is 12.1 Å². The third-order valence-corrected chi connectivity index (χ3v) is 4.28. The normalized spacial score (nSPS) is 14.6. The Hall–Kier alpha value is -2.32. The number of carbonyl (C=O) groups excluding carboxylic acids is 2. The van der Waals surface area contributed by atoms with Crippen molar-refractivity contribution in [3.05, 3.63) is 24.3 Å². The van der Waals surface area contributed by atoms with Gasteiger partial charge in [-0.15, -0.1) is 0 Å². The molecule has 0 radical (unpaired) electrons. The lowest BCUT2D eigenvalue weighted by Crippen LogP contribution is -2.40. The minimum Gasteiger partial charge on any atom is -0.493 e. The Bertz CT molecular complexity index is 610. The second kappa shape index (κ2) is 11.4. The van der Waals surface area contributed by atoms with Gasteiger partial charge in [0.1, 0.15) is 6.61 Å². The number of para-hydroxylation sites is 2. The molecule has 1 aliphatic heterocycles. The Labute approximate surface area is 159 Å². The molecule has 1 heterocycles. The van der Waals surface area contributed by atoms with Crippen LogP contribution in [0.2, 0.25) is 0 Å². The van der Waals surface area contributed by atoms with Crippen LogP contribution in [-0.2, 0) is 19.1 Å². The van der Waals surface area contributed by atoms with E-state index in [-0.39, 0.29) is 25.0 Å². The van der Waals surface area contributed by atoms with Gasteiger partial charge in [0.05, 0.1) is 20.3 Å². The number of hydrogen-bond acceptors (Lipinski definition) is 6. The summed E-state index contributed by atoms with van der Waals surface area (Å²) in [7, 11) is 3.15. The van der Waals surface area contributed by atoms with E-state index in [4.69, 9.17) is 18.9 Å². The van der Waals surface area contributed by atoms with Crippen LogP contribution in [0.3, 0.4) is 0 Å². The highest BCUT2D eigenvalue weighted by molar-refractivity contribution is 5.79. The van der Waals surface area contributed by atoms with E-state index in [0.29, 0.717) is 50.9 Å². The minimum absolute atomic E-state index is 0.0359. The number of amides is 2. The van der Waals surface area contributed by atoms with Crippen LogP contribution < -0.4 is 9.47 Å². The van der Waals surface area contributed by atoms with Gasteiger partial charge < -0.3 is 28.7 Å². The zero-order chi connectivity index (χ0) is 19.5. The molecule has 27 heavy (non-hydrogen) atoms. The number of benzene rings is 1. The summed E-state index contributed by atoms with van der Waals surface area (Å²) in [6.45, 7) is 3.02. The van der Waals surface area contributed by atoms with Crippen LogP contribution in [-0.4, -0.2) is 88.4 Å². The largest absolute Gasteiger partial charge is 0.493 e. The summed E-state index contributed by atoms with van der Waals surface area (Å²) >= 11 is 0. The van der Waals surface area contributed by atoms with Gasteiger partial charge >= 0.3 is 0 Å². The molecule has 0 bridgehead atoms. The number of hydrogen-bond donors (Lipinski definition) is 0. The van der Waals surface area contributed by atoms with E-state index in [2.05, 4.69) is 0 Å². The zero-order valence-corrected chi connectivity index (χ0v) is 16.0. The summed E-state index contributed by atoms with van der Waals surface area (Å²) < 4.78 is 21.0. The zero-order valence-electron chi connectivity index (χ0n) is 16.0. The first kappa shape index (κ1) is 21.0. The maximum atomic E-state index is 12.5. The van der Waals surface area contributed by atoms with Crippen molar-refractivity contribution in [2.45, 2.75) is 6.42 Å². The van der Waals surface area contributed by atoms with E-state index < -0.39 is 0 Å². The molecule has 0 N–H and O–H groups in total. The summed E-state index contributed by atoms with van der Waals surface area (Å²) in [4.78, 5) is 28.1. The standard InChI is InChI=1S/C19H28N2O6/c1-24-12-13-26-14-18(22)20-8-5-9-21(11-10-20)19(23)15-27-17-7-4-3-6-16(17)25-2/h3-4,6-7H,5,8-15H2,1-2H3. The molecule has 0 aromatic heterocycles. The molecule has 2 rings (SSSR count). The van der Waals surface area contributed by atoms with E-state index in [1.165, 1.54) is 0 Å². The van der Waals surface area contributed by atoms with Crippen molar-refractivity contribution in [3.8, 4) is 11.5 Å². The van der Waals surface area contributed by atoms with Crippen molar-refractivity contribution in [1.82, 2.24) is 9.80 Å². The number of ether oxygens (including phenoxy) is 4. The van der Waals surface area contributed by atoms with Crippen LogP contribution >= 0.6 is 0 Å². The fraction of sp³-hybridized carbons (Fsp3) is 0.579. The predicted molar refractivity (Wildman–Crippen MR) is 99.0 cm³/mol. The highest BCUT2D eigenvalue weighted by Gasteiger charge is 2.22. The van der Waals surface area contributed by atoms with Gasteiger partial charge in [0, 0.05) is 33.3 Å². The molecule has 8 heteroatoms. The highest BCUT2D eigenvalue weighted by Crippen LogP contribution is 2.25. The Kier molecular flexibility index (Phi) is 8.86. The Morgan fingerprint density at radius 3 is 2.15 bits per heavy atom. The molecule has 1 aromatic rings. The highest BCUT2D eigenvalue weighted by atomic mass is 16.5. The van der Waals surface area contributed by atoms with E-state index in [9.17, 15) is 9.59 Å². The average molecular weight is 380 g/mol. The Morgan fingerprint density at radius 1 is 0.889 bits per heavy atom. The molecule has 0 saturated carbocycles. The molecular formula is C19H28N2O6. The minimum atomic E-state index is -0.105. The van der Waals surface area contributed by atoms with Crippen LogP contribution in [0, 0.1) is 0 Å². The van der Waals surface area contributed by atoms with Crippen LogP contribution in [0.4, 0.5) is 0 Å². The first-order valence-electron chi connectivity index (χ1n) is 9.03. The van der Waals surface area contributed by atoms with Crippen molar-refractivity contribution in [3.63, 3.8) is 0 Å². The summed E-state index contributed by atoms with van der Waals surface area (Å²) in [5.41, 5.74) is 0. The molecule has 1 saturated heterocycles. The molecule has 1 aliphatic rings. The smallest absolute Gasteiger partial charge is 0.260 e. The molecule has 1 aromatic carbocycles. The molecule has 0 atom stereocenters. The summed E-state index contributed by atoms with van der Waals surface area (Å²) in [5, 5.41) is 0. The fourth-order valence-corrected chi connectivity index (χ4v) is 2.78. The predicted octanol–water partition coefficient (Wildman–Crippen LogP) is 0.798. The molecule has 0 spiro atoms. The molecule has 0 unspecified atom stereocenters. The number of nitrogens with zero attached hydrogens (tertiary/aromatic N) is 2. The van der Waals surface area contributed by atoms with Crippen molar-refractivity contribution in [1.29, 1.82) is 0 Å². The second-order valence-electron chi connectivity index (χ2n) is 6.10. The molecule has 2 amide bonds. The SMILES string of the molecule is COCCOCC(=O)N1CCCN(C(=O)COc2ccccc2OC)CC1. The summed E-state index contributed by atoms with van der Waals surface area (Å²) in [6, 6.07) is 7.21. The number of rotatable bonds is 9. The van der Waals surface area contributed by atoms with E-state index in [1.54, 1.807) is 36.2 Å². The first-order valence-corrected chi connectivity index (χ1v) is 9.03. The average Bonchev–Trinajstić information content (AvgIpc) is 2.96. The van der Waals surface area contributed by atoms with Crippen molar-refractivity contribution >= 4 is 11.8 Å². The second-order valence-corrected chi connectivity index (χ2v) is 6.10. The van der Waals surface area contributed by atoms with Crippen LogP contribution in [0.25, 0.3) is 0 Å². The number of carbonyl (C=O) groups is 2. The monoisotopic (exact) mass is 380 g/mol. The molecule has 150 valence electrons. The Balaban J connectivity index is 1.77. The lowest BCUT2D eigenvalue weighted by Gasteiger charge is -2.22. The third-order valence-electron chi connectivity index (χ3n) is 4.28. The summed E-state index contributed by atoms with van der Waals surface area (Å²) in [5.74, 6) is 0.955. The van der Waals surface area contributed by atoms with Gasteiger partial charge in [-0.05, 0) is 18.6 Å². The van der Waals surface area contributed by atoms with E-state index in [1.807, 2.05) is 12.1 Å². The molecule has 0 aliphatic carbocycles. The van der Waals surface area contributed by atoms with E-state index in [0.717, 1.165) is 6.42 Å². The van der Waals surface area contributed by atoms with Gasteiger partial charge in [0.2, 0.25) is 5.91 Å². The van der Waals surface area contributed by atoms with E-state index >= 15 is 0 Å². The third kappa shape index (κ3) is 6.73. The lowest BCUT2D eigenvalue weighted by atomic mass is 10.3. The lowest BCUT2D eigenvalue weighted by molar-refractivity contribution is -0.137. The van der Waals surface area contributed by atoms with Crippen LogP contribution in [0.1, 0.15) is 6.42 Å². The van der Waals surface area contributed by atoms with Gasteiger partial charge in [0.25, 0.3) is 5.91 Å². The molecule has 8 nitrogen and oxygen atoms in total. The van der Waals surface area contributed by atoms with Crippen LogP contribution in [0.5, 0.6) is 11.5 Å². The van der Waals surface area contributed by atoms with Crippen molar-refractivity contribution in [2.24, 2.45) is 0 Å². The summed E-state index contributed by atoms with van der Waals surface area (Å²) in [6.07, 6.45) is 0.726. The van der Waals surface area contributed by atoms with Gasteiger partial charge in [0.15, 0.2) is 18.1 Å². The molecule has 1 fully saturated rings. The van der Waals surface area contributed by atoms with Crippen molar-refractivity contribution < 1.29 is 28.5 Å².